The van der Waals surface area contributed by atoms with Crippen molar-refractivity contribution in [3.8, 4) is 11.5 Å². The first kappa shape index (κ1) is 25.9. The number of hydrogen-bond acceptors (Lipinski definition) is 8. The summed E-state index contributed by atoms with van der Waals surface area (Å²) >= 11 is 0. The lowest BCUT2D eigenvalue weighted by molar-refractivity contribution is -0.132. The third-order valence-corrected chi connectivity index (χ3v) is 3.28. The standard InChI is InChI=1S/C21H28FNO8/c1-15(2)30-13-26-7-9-28-17-5-6-19(29-10-8-27-14-31-16(3)4)18(11-17)23-21(25)12-20(22)24/h5-6,11H,1,3,7-10,12-14H2,2,4H3,(H,23,25). The third kappa shape index (κ3) is 12.9. The zero-order valence-electron chi connectivity index (χ0n) is 17.7. The van der Waals surface area contributed by atoms with Gasteiger partial charge in [0.15, 0.2) is 13.6 Å². The number of benzene rings is 1. The van der Waals surface area contributed by atoms with Crippen molar-refractivity contribution in [3.63, 3.8) is 0 Å². The minimum absolute atomic E-state index is 0.0349. The van der Waals surface area contributed by atoms with Crippen molar-refractivity contribution in [1.82, 2.24) is 0 Å². The number of carbonyl (C=O) groups is 2. The Morgan fingerprint density at radius 1 is 0.935 bits per heavy atom. The molecule has 1 rings (SSSR count). The van der Waals surface area contributed by atoms with Gasteiger partial charge >= 0.3 is 6.04 Å². The summed E-state index contributed by atoms with van der Waals surface area (Å²) in [5.41, 5.74) is 0.216. The van der Waals surface area contributed by atoms with Crippen LogP contribution in [0.2, 0.25) is 0 Å². The predicted octanol–water partition coefficient (Wildman–Crippen LogP) is 3.32. The van der Waals surface area contributed by atoms with E-state index < -0.39 is 18.4 Å². The number of nitrogens with one attached hydrogen (secondary N) is 1. The highest BCUT2D eigenvalue weighted by Crippen LogP contribution is 2.29. The molecule has 0 heterocycles. The lowest BCUT2D eigenvalue weighted by atomic mass is 10.2. The van der Waals surface area contributed by atoms with E-state index in [1.54, 1.807) is 26.0 Å². The van der Waals surface area contributed by atoms with E-state index in [4.69, 9.17) is 28.4 Å². The number of ether oxygens (including phenoxy) is 6. The molecule has 0 spiro atoms. The molecule has 0 aromatic heterocycles. The number of amides is 1. The van der Waals surface area contributed by atoms with Crippen molar-refractivity contribution >= 4 is 17.6 Å². The summed E-state index contributed by atoms with van der Waals surface area (Å²) in [5.74, 6) is 0.947. The van der Waals surface area contributed by atoms with Gasteiger partial charge in [-0.2, -0.15) is 4.39 Å². The normalized spacial score (nSPS) is 10.2. The summed E-state index contributed by atoms with van der Waals surface area (Å²) in [6.07, 6.45) is -0.900. The van der Waals surface area contributed by atoms with Gasteiger partial charge in [0.1, 0.15) is 31.1 Å². The Bertz CT molecular complexity index is 753. The summed E-state index contributed by atoms with van der Waals surface area (Å²) in [7, 11) is 0. The number of allylic oxidation sites excluding steroid dienone is 2. The maximum absolute atomic E-state index is 12.5. The van der Waals surface area contributed by atoms with Crippen molar-refractivity contribution in [2.45, 2.75) is 20.3 Å². The van der Waals surface area contributed by atoms with E-state index in [9.17, 15) is 14.0 Å². The van der Waals surface area contributed by atoms with Crippen LogP contribution in [0.15, 0.2) is 42.9 Å². The molecule has 172 valence electrons. The molecule has 31 heavy (non-hydrogen) atoms. The highest BCUT2D eigenvalue weighted by atomic mass is 19.1. The maximum atomic E-state index is 12.5. The highest BCUT2D eigenvalue weighted by molar-refractivity contribution is 6.02. The Balaban J connectivity index is 2.61. The van der Waals surface area contributed by atoms with Crippen LogP contribution in [-0.2, 0) is 28.5 Å². The van der Waals surface area contributed by atoms with Crippen molar-refractivity contribution < 1.29 is 42.4 Å². The Labute approximate surface area is 180 Å². The first-order valence-corrected chi connectivity index (χ1v) is 9.38. The lowest BCUT2D eigenvalue weighted by Crippen LogP contribution is -2.16. The first-order chi connectivity index (χ1) is 14.8. The van der Waals surface area contributed by atoms with Crippen LogP contribution in [0.25, 0.3) is 0 Å². The maximum Gasteiger partial charge on any atom is 0.310 e. The number of hydrogen-bond donors (Lipinski definition) is 1. The smallest absolute Gasteiger partial charge is 0.310 e. The van der Waals surface area contributed by atoms with Gasteiger partial charge in [0.25, 0.3) is 0 Å². The number of carbonyl (C=O) groups excluding carboxylic acids is 2. The average Bonchev–Trinajstić information content (AvgIpc) is 2.67. The Morgan fingerprint density at radius 2 is 1.52 bits per heavy atom. The molecule has 0 fully saturated rings. The molecule has 0 unspecified atom stereocenters. The fraction of sp³-hybridized carbons (Fsp3) is 0.429. The molecule has 0 bridgehead atoms. The predicted molar refractivity (Wildman–Crippen MR) is 110 cm³/mol. The monoisotopic (exact) mass is 441 g/mol. The van der Waals surface area contributed by atoms with Gasteiger partial charge in [0.05, 0.1) is 30.4 Å². The molecule has 0 saturated carbocycles. The van der Waals surface area contributed by atoms with Crippen molar-refractivity contribution in [2.24, 2.45) is 0 Å². The van der Waals surface area contributed by atoms with E-state index in [2.05, 4.69) is 18.5 Å². The SMILES string of the molecule is C=C(C)OCOCCOc1ccc(OCCOCOC(=C)C)c(NC(=O)CC(=O)F)c1. The third-order valence-electron chi connectivity index (χ3n) is 3.28. The van der Waals surface area contributed by atoms with Crippen LogP contribution in [0.4, 0.5) is 10.1 Å². The van der Waals surface area contributed by atoms with Crippen molar-refractivity contribution in [3.05, 3.63) is 42.9 Å². The van der Waals surface area contributed by atoms with E-state index in [-0.39, 0.29) is 45.7 Å². The topological polar surface area (TPSA) is 102 Å². The molecule has 0 saturated heterocycles. The Morgan fingerprint density at radius 3 is 2.06 bits per heavy atom. The second-order valence-corrected chi connectivity index (χ2v) is 6.18. The average molecular weight is 441 g/mol. The lowest BCUT2D eigenvalue weighted by Gasteiger charge is -2.15. The van der Waals surface area contributed by atoms with Gasteiger partial charge in [0.2, 0.25) is 5.91 Å². The minimum atomic E-state index is -1.74. The fourth-order valence-corrected chi connectivity index (χ4v) is 1.97. The zero-order chi connectivity index (χ0) is 23.1. The van der Waals surface area contributed by atoms with Gasteiger partial charge in [-0.25, -0.2) is 0 Å². The summed E-state index contributed by atoms with van der Waals surface area (Å²) in [5, 5.41) is 2.43. The minimum Gasteiger partial charge on any atom is -0.491 e. The molecule has 0 aliphatic carbocycles. The van der Waals surface area contributed by atoms with Crippen molar-refractivity contribution in [1.29, 1.82) is 0 Å². The van der Waals surface area contributed by atoms with Gasteiger partial charge in [-0.3, -0.25) is 9.59 Å². The van der Waals surface area contributed by atoms with Gasteiger partial charge < -0.3 is 33.7 Å². The molecule has 1 N–H and O–H groups in total. The fourth-order valence-electron chi connectivity index (χ4n) is 1.97. The van der Waals surface area contributed by atoms with E-state index in [1.165, 1.54) is 6.07 Å². The number of halogens is 1. The molecule has 0 atom stereocenters. The molecule has 9 nitrogen and oxygen atoms in total. The zero-order valence-corrected chi connectivity index (χ0v) is 17.7. The molecule has 0 radical (unpaired) electrons. The quantitative estimate of drug-likeness (QED) is 0.129. The summed E-state index contributed by atoms with van der Waals surface area (Å²) < 4.78 is 44.2. The van der Waals surface area contributed by atoms with Crippen LogP contribution < -0.4 is 14.8 Å². The van der Waals surface area contributed by atoms with E-state index in [1.807, 2.05) is 0 Å². The second kappa shape index (κ2) is 14.8. The summed E-state index contributed by atoms with van der Waals surface area (Å²) in [6.45, 7) is 11.5. The second-order valence-electron chi connectivity index (χ2n) is 6.18. The molecule has 1 aromatic carbocycles. The van der Waals surface area contributed by atoms with E-state index >= 15 is 0 Å². The van der Waals surface area contributed by atoms with Gasteiger partial charge in [0, 0.05) is 6.07 Å². The summed E-state index contributed by atoms with van der Waals surface area (Å²) in [6, 6.07) is 2.94. The Kier molecular flexibility index (Phi) is 12.4. The number of rotatable bonds is 17. The van der Waals surface area contributed by atoms with Crippen LogP contribution in [-0.4, -0.2) is 52.0 Å². The van der Waals surface area contributed by atoms with Gasteiger partial charge in [-0.1, -0.05) is 13.2 Å². The largest absolute Gasteiger partial charge is 0.491 e. The van der Waals surface area contributed by atoms with Crippen molar-refractivity contribution in [2.75, 3.05) is 45.3 Å². The molecule has 10 heteroatoms. The van der Waals surface area contributed by atoms with E-state index in [0.29, 0.717) is 23.0 Å². The first-order valence-electron chi connectivity index (χ1n) is 9.38. The Hall–Kier alpha value is -3.11. The molecule has 1 amide bonds. The van der Waals surface area contributed by atoms with Crippen LogP contribution in [0.1, 0.15) is 20.3 Å². The molecule has 0 aliphatic rings. The molecular formula is C21H28FNO8. The van der Waals surface area contributed by atoms with Crippen LogP contribution in [0.5, 0.6) is 11.5 Å². The van der Waals surface area contributed by atoms with Gasteiger partial charge in [-0.15, -0.1) is 0 Å². The van der Waals surface area contributed by atoms with Crippen LogP contribution >= 0.6 is 0 Å². The molecule has 1 aromatic rings. The number of anilines is 1. The molecular weight excluding hydrogens is 413 g/mol. The van der Waals surface area contributed by atoms with Gasteiger partial charge in [-0.05, 0) is 26.0 Å². The van der Waals surface area contributed by atoms with Crippen LogP contribution in [0.3, 0.4) is 0 Å². The van der Waals surface area contributed by atoms with E-state index in [0.717, 1.165) is 0 Å². The highest BCUT2D eigenvalue weighted by Gasteiger charge is 2.13. The molecule has 0 aliphatic heterocycles. The van der Waals surface area contributed by atoms with Crippen LogP contribution in [0, 0.1) is 0 Å². The summed E-state index contributed by atoms with van der Waals surface area (Å²) in [4.78, 5) is 22.3.